The van der Waals surface area contributed by atoms with E-state index in [9.17, 15) is 15.8 Å². The Morgan fingerprint density at radius 2 is 1.41 bits per heavy atom. The molecule has 0 saturated carbocycles. The van der Waals surface area contributed by atoms with Crippen LogP contribution in [0.2, 0.25) is 0 Å². The van der Waals surface area contributed by atoms with Crippen molar-refractivity contribution in [2.75, 3.05) is 0 Å². The van der Waals surface area contributed by atoms with Crippen LogP contribution in [-0.4, -0.2) is 4.98 Å². The summed E-state index contributed by atoms with van der Waals surface area (Å²) in [5.41, 5.74) is 3.47. The molecule has 0 saturated heterocycles. The van der Waals surface area contributed by atoms with E-state index in [0.717, 1.165) is 21.9 Å². The van der Waals surface area contributed by atoms with Crippen LogP contribution in [0.25, 0.3) is 33.2 Å². The van der Waals surface area contributed by atoms with Gasteiger partial charge in [-0.2, -0.15) is 15.8 Å². The van der Waals surface area contributed by atoms with Gasteiger partial charge in [-0.1, -0.05) is 72.8 Å². The van der Waals surface area contributed by atoms with E-state index in [2.05, 4.69) is 11.1 Å². The van der Waals surface area contributed by atoms with E-state index in [1.54, 1.807) is 0 Å². The van der Waals surface area contributed by atoms with Crippen molar-refractivity contribution < 1.29 is 0 Å². The van der Waals surface area contributed by atoms with Gasteiger partial charge >= 0.3 is 0 Å². The third-order valence-corrected chi connectivity index (χ3v) is 4.84. The maximum absolute atomic E-state index is 9.82. The highest BCUT2D eigenvalue weighted by Gasteiger charge is 2.22. The summed E-state index contributed by atoms with van der Waals surface area (Å²) in [5, 5.41) is 30.9. The molecule has 3 aromatic carbocycles. The first-order valence-electron chi connectivity index (χ1n) is 9.04. The quantitative estimate of drug-likeness (QED) is 0.472. The topological polar surface area (TPSA) is 84.3 Å². The first kappa shape index (κ1) is 17.9. The lowest BCUT2D eigenvalue weighted by Gasteiger charge is -2.14. The molecule has 0 radical (unpaired) electrons. The normalized spacial score (nSPS) is 10.3. The second-order valence-corrected chi connectivity index (χ2v) is 6.51. The van der Waals surface area contributed by atoms with Crippen LogP contribution in [0.15, 0.2) is 78.9 Å². The molecule has 4 rings (SSSR count). The van der Waals surface area contributed by atoms with E-state index in [-0.39, 0.29) is 11.3 Å². The Kier molecular flexibility index (Phi) is 4.73. The molecule has 0 aliphatic rings. The average Bonchev–Trinajstić information content (AvgIpc) is 2.79. The standard InChI is InChI=1S/C25H14N4/c26-14-19(15-27)25-23(16-28)22(18-7-2-1-3-8-18)13-24(29-25)21-12-6-10-17-9-4-5-11-20(17)21/h1-13,19H. The van der Waals surface area contributed by atoms with E-state index < -0.39 is 5.92 Å². The summed E-state index contributed by atoms with van der Waals surface area (Å²) in [7, 11) is 0. The molecule has 4 nitrogen and oxygen atoms in total. The number of hydrogen-bond acceptors (Lipinski definition) is 4. The van der Waals surface area contributed by atoms with Gasteiger partial charge in [0.05, 0.1) is 29.1 Å². The molecule has 0 atom stereocenters. The molecule has 134 valence electrons. The lowest BCUT2D eigenvalue weighted by Crippen LogP contribution is -2.04. The molecule has 1 heterocycles. The van der Waals surface area contributed by atoms with Crippen molar-refractivity contribution in [3.05, 3.63) is 90.1 Å². The molecule has 0 bridgehead atoms. The molecule has 0 aliphatic heterocycles. The molecule has 4 heteroatoms. The zero-order chi connectivity index (χ0) is 20.2. The van der Waals surface area contributed by atoms with E-state index >= 15 is 0 Å². The van der Waals surface area contributed by atoms with Crippen LogP contribution in [0.1, 0.15) is 17.2 Å². The number of pyridine rings is 1. The summed E-state index contributed by atoms with van der Waals surface area (Å²) in [6.07, 6.45) is 0. The van der Waals surface area contributed by atoms with Crippen LogP contribution < -0.4 is 0 Å². The van der Waals surface area contributed by atoms with Crippen LogP contribution in [-0.2, 0) is 0 Å². The van der Waals surface area contributed by atoms with Crippen molar-refractivity contribution in [3.63, 3.8) is 0 Å². The van der Waals surface area contributed by atoms with Crippen molar-refractivity contribution in [2.45, 2.75) is 5.92 Å². The molecule has 1 aromatic heterocycles. The summed E-state index contributed by atoms with van der Waals surface area (Å²) in [4.78, 5) is 4.62. The van der Waals surface area contributed by atoms with Crippen molar-refractivity contribution in [1.82, 2.24) is 4.98 Å². The monoisotopic (exact) mass is 370 g/mol. The predicted octanol–water partition coefficient (Wildman–Crippen LogP) is 5.57. The van der Waals surface area contributed by atoms with E-state index in [4.69, 9.17) is 0 Å². The zero-order valence-electron chi connectivity index (χ0n) is 15.4. The van der Waals surface area contributed by atoms with Gasteiger partial charge in [0.15, 0.2) is 5.92 Å². The van der Waals surface area contributed by atoms with Gasteiger partial charge in [-0.25, -0.2) is 4.98 Å². The minimum atomic E-state index is -1.12. The lowest BCUT2D eigenvalue weighted by molar-refractivity contribution is 1.01. The van der Waals surface area contributed by atoms with Gasteiger partial charge in [-0.15, -0.1) is 0 Å². The van der Waals surface area contributed by atoms with Crippen LogP contribution >= 0.6 is 0 Å². The Hall–Kier alpha value is -4.46. The van der Waals surface area contributed by atoms with Gasteiger partial charge in [-0.3, -0.25) is 0 Å². The molecule has 0 N–H and O–H groups in total. The van der Waals surface area contributed by atoms with Crippen LogP contribution in [0.5, 0.6) is 0 Å². The van der Waals surface area contributed by atoms with Gasteiger partial charge in [0.1, 0.15) is 6.07 Å². The Labute approximate surface area is 168 Å². The van der Waals surface area contributed by atoms with E-state index in [0.29, 0.717) is 11.3 Å². The average molecular weight is 370 g/mol. The third-order valence-electron chi connectivity index (χ3n) is 4.84. The molecule has 0 spiro atoms. The van der Waals surface area contributed by atoms with E-state index in [1.165, 1.54) is 0 Å². The lowest BCUT2D eigenvalue weighted by atomic mass is 9.92. The Morgan fingerprint density at radius 1 is 0.724 bits per heavy atom. The molecule has 0 fully saturated rings. The summed E-state index contributed by atoms with van der Waals surface area (Å²) in [6.45, 7) is 0. The third kappa shape index (κ3) is 3.19. The fourth-order valence-corrected chi connectivity index (χ4v) is 3.47. The number of benzene rings is 3. The van der Waals surface area contributed by atoms with Crippen molar-refractivity contribution in [1.29, 1.82) is 15.8 Å². The van der Waals surface area contributed by atoms with Crippen LogP contribution in [0.4, 0.5) is 0 Å². The molecule has 0 aliphatic carbocycles. The van der Waals surface area contributed by atoms with Gasteiger partial charge in [0.2, 0.25) is 0 Å². The van der Waals surface area contributed by atoms with Crippen molar-refractivity contribution in [2.24, 2.45) is 0 Å². The van der Waals surface area contributed by atoms with E-state index in [1.807, 2.05) is 91.0 Å². The summed E-state index contributed by atoms with van der Waals surface area (Å²) < 4.78 is 0. The van der Waals surface area contributed by atoms with Crippen molar-refractivity contribution in [3.8, 4) is 40.6 Å². The zero-order valence-corrected chi connectivity index (χ0v) is 15.4. The minimum absolute atomic E-state index is 0.196. The second-order valence-electron chi connectivity index (χ2n) is 6.51. The number of nitrogens with zero attached hydrogens (tertiary/aromatic N) is 4. The Morgan fingerprint density at radius 3 is 2.14 bits per heavy atom. The Balaban J connectivity index is 2.08. The number of rotatable bonds is 3. The second kappa shape index (κ2) is 7.65. The number of hydrogen-bond donors (Lipinski definition) is 0. The molecule has 0 amide bonds. The fourth-order valence-electron chi connectivity index (χ4n) is 3.47. The molecule has 4 aromatic rings. The molecule has 0 unspecified atom stereocenters. The minimum Gasteiger partial charge on any atom is -0.249 e. The highest BCUT2D eigenvalue weighted by Crippen LogP contribution is 2.35. The van der Waals surface area contributed by atoms with Crippen LogP contribution in [0.3, 0.4) is 0 Å². The highest BCUT2D eigenvalue weighted by atomic mass is 14.7. The molecular weight excluding hydrogens is 356 g/mol. The predicted molar refractivity (Wildman–Crippen MR) is 111 cm³/mol. The Bertz CT molecular complexity index is 1320. The summed E-state index contributed by atoms with van der Waals surface area (Å²) >= 11 is 0. The van der Waals surface area contributed by atoms with Crippen molar-refractivity contribution >= 4 is 10.8 Å². The number of nitriles is 3. The van der Waals surface area contributed by atoms with Crippen LogP contribution in [0, 0.1) is 34.0 Å². The van der Waals surface area contributed by atoms with Gasteiger partial charge < -0.3 is 0 Å². The molecule has 29 heavy (non-hydrogen) atoms. The maximum atomic E-state index is 9.82. The largest absolute Gasteiger partial charge is 0.249 e. The van der Waals surface area contributed by atoms with Gasteiger partial charge in [0, 0.05) is 11.1 Å². The first-order chi connectivity index (χ1) is 14.3. The fraction of sp³-hybridized carbons (Fsp3) is 0.0400. The van der Waals surface area contributed by atoms with Gasteiger partial charge in [0.25, 0.3) is 0 Å². The SMILES string of the molecule is N#Cc1c(-c2ccccc2)cc(-c2cccc3ccccc23)nc1C(C#N)C#N. The first-order valence-corrected chi connectivity index (χ1v) is 9.04. The smallest absolute Gasteiger partial charge is 0.176 e. The number of aromatic nitrogens is 1. The van der Waals surface area contributed by atoms with Gasteiger partial charge in [-0.05, 0) is 22.4 Å². The summed E-state index contributed by atoms with van der Waals surface area (Å²) in [5.74, 6) is -1.12. The maximum Gasteiger partial charge on any atom is 0.176 e. The highest BCUT2D eigenvalue weighted by molar-refractivity contribution is 5.96. The summed E-state index contributed by atoms with van der Waals surface area (Å²) in [6, 6.07) is 31.3. The molecular formula is C25H14N4. The number of fused-ring (bicyclic) bond motifs is 1.